The summed E-state index contributed by atoms with van der Waals surface area (Å²) in [5, 5.41) is 13.2. The Morgan fingerprint density at radius 1 is 1.29 bits per heavy atom. The van der Waals surface area contributed by atoms with E-state index in [-0.39, 0.29) is 23.4 Å². The van der Waals surface area contributed by atoms with Gasteiger partial charge in [-0.1, -0.05) is 12.1 Å². The van der Waals surface area contributed by atoms with Crippen LogP contribution in [-0.2, 0) is 19.5 Å². The molecular weight excluding hydrogens is 441 g/mol. The van der Waals surface area contributed by atoms with Crippen molar-refractivity contribution in [2.75, 3.05) is 7.05 Å². The van der Waals surface area contributed by atoms with Gasteiger partial charge in [-0.2, -0.15) is 0 Å². The van der Waals surface area contributed by atoms with E-state index in [4.69, 9.17) is 4.74 Å². The number of hydrogen-bond acceptors (Lipinski definition) is 6. The van der Waals surface area contributed by atoms with Crippen molar-refractivity contribution in [3.8, 4) is 11.5 Å². The summed E-state index contributed by atoms with van der Waals surface area (Å²) in [5.41, 5.74) is 0.948. The van der Waals surface area contributed by atoms with E-state index in [0.29, 0.717) is 29.8 Å². The lowest BCUT2D eigenvalue weighted by Crippen LogP contribution is -2.40. The Kier molecular flexibility index (Phi) is 5.27. The maximum atomic E-state index is 13.4. The highest BCUT2D eigenvalue weighted by molar-refractivity contribution is 6.02. The van der Waals surface area contributed by atoms with Gasteiger partial charge in [0.05, 0.1) is 13.1 Å². The topological polar surface area (TPSA) is 111 Å². The molecule has 1 aliphatic heterocycles. The first-order valence-corrected chi connectivity index (χ1v) is 10.8. The second-order valence-corrected chi connectivity index (χ2v) is 8.20. The van der Waals surface area contributed by atoms with Crippen LogP contribution in [-0.4, -0.2) is 43.3 Å². The normalized spacial score (nSPS) is 14.7. The van der Waals surface area contributed by atoms with Crippen LogP contribution in [0.1, 0.15) is 27.3 Å². The molecule has 174 valence electrons. The van der Waals surface area contributed by atoms with Gasteiger partial charge in [0.2, 0.25) is 0 Å². The van der Waals surface area contributed by atoms with Gasteiger partial charge in [-0.25, -0.2) is 9.37 Å². The molecule has 4 heterocycles. The maximum absolute atomic E-state index is 13.4. The average Bonchev–Trinajstić information content (AvgIpc) is 3.23. The van der Waals surface area contributed by atoms with Gasteiger partial charge in [0.15, 0.2) is 11.5 Å². The molecular formula is C24H22FN5O4. The van der Waals surface area contributed by atoms with Crippen molar-refractivity contribution < 1.29 is 19.0 Å². The number of imidazole rings is 1. The molecule has 1 atom stereocenters. The number of hydrogen-bond donors (Lipinski definition) is 2. The van der Waals surface area contributed by atoms with E-state index in [1.54, 1.807) is 24.5 Å². The molecule has 1 amide bonds. The lowest BCUT2D eigenvalue weighted by Gasteiger charge is -2.30. The van der Waals surface area contributed by atoms with Gasteiger partial charge in [-0.05, 0) is 24.6 Å². The van der Waals surface area contributed by atoms with E-state index in [1.807, 2.05) is 17.7 Å². The third-order valence-electron chi connectivity index (χ3n) is 6.03. The van der Waals surface area contributed by atoms with Gasteiger partial charge in [0, 0.05) is 37.6 Å². The molecule has 34 heavy (non-hydrogen) atoms. The molecule has 3 aromatic heterocycles. The zero-order chi connectivity index (χ0) is 24.0. The number of nitrogens with zero attached hydrogens (tertiary/aromatic N) is 4. The van der Waals surface area contributed by atoms with Crippen molar-refractivity contribution in [2.24, 2.45) is 0 Å². The molecule has 0 spiro atoms. The number of pyridine rings is 2. The SMILES string of the molecule is CNC(=O)c1c(O)c2ncc(Cc3ccc(F)cc3)c3c2n(c1=O)C[C@@H](Cn1ccnc1C)O3. The van der Waals surface area contributed by atoms with E-state index in [1.165, 1.54) is 23.7 Å². The predicted octanol–water partition coefficient (Wildman–Crippen LogP) is 2.16. The molecule has 0 aliphatic carbocycles. The van der Waals surface area contributed by atoms with Gasteiger partial charge in [-0.3, -0.25) is 19.1 Å². The molecule has 0 radical (unpaired) electrons. The lowest BCUT2D eigenvalue weighted by atomic mass is 10.0. The second kappa shape index (κ2) is 8.29. The first-order chi connectivity index (χ1) is 16.4. The van der Waals surface area contributed by atoms with Crippen molar-refractivity contribution in [3.63, 3.8) is 0 Å². The van der Waals surface area contributed by atoms with E-state index < -0.39 is 23.3 Å². The zero-order valence-corrected chi connectivity index (χ0v) is 18.6. The standard InChI is InChI=1S/C24H22FN5O4/c1-13-27-7-8-29(13)11-17-12-30-20-19(21(31)18(24(30)33)23(32)26-2)28-10-15(22(20)34-17)9-14-3-5-16(25)6-4-14/h3-8,10,17,31H,9,11-12H2,1-2H3,(H,26,32)/t17-/m1/s1. The number of aromatic hydroxyl groups is 1. The summed E-state index contributed by atoms with van der Waals surface area (Å²) in [6, 6.07) is 6.08. The van der Waals surface area contributed by atoms with E-state index in [9.17, 15) is 19.1 Å². The summed E-state index contributed by atoms with van der Waals surface area (Å²) in [6.45, 7) is 2.45. The Bertz CT molecular complexity index is 1480. The fourth-order valence-corrected chi connectivity index (χ4v) is 4.30. The molecule has 0 bridgehead atoms. The van der Waals surface area contributed by atoms with Crippen LogP contribution in [0.5, 0.6) is 11.5 Å². The van der Waals surface area contributed by atoms with E-state index >= 15 is 0 Å². The lowest BCUT2D eigenvalue weighted by molar-refractivity contribution is 0.0956. The quantitative estimate of drug-likeness (QED) is 0.469. The van der Waals surface area contributed by atoms with E-state index in [2.05, 4.69) is 15.3 Å². The summed E-state index contributed by atoms with van der Waals surface area (Å²) in [4.78, 5) is 34.4. The van der Waals surface area contributed by atoms with Gasteiger partial charge < -0.3 is 19.7 Å². The Morgan fingerprint density at radius 3 is 2.74 bits per heavy atom. The summed E-state index contributed by atoms with van der Waals surface area (Å²) >= 11 is 0. The molecule has 0 saturated carbocycles. The van der Waals surface area contributed by atoms with E-state index in [0.717, 1.165) is 11.4 Å². The van der Waals surface area contributed by atoms with Crippen molar-refractivity contribution in [1.29, 1.82) is 0 Å². The third-order valence-corrected chi connectivity index (χ3v) is 6.03. The first-order valence-electron chi connectivity index (χ1n) is 10.8. The minimum Gasteiger partial charge on any atom is -0.505 e. The van der Waals surface area contributed by atoms with Gasteiger partial charge in [0.25, 0.3) is 11.5 Å². The largest absolute Gasteiger partial charge is 0.505 e. The Labute approximate surface area is 193 Å². The summed E-state index contributed by atoms with van der Waals surface area (Å²) in [7, 11) is 1.39. The van der Waals surface area contributed by atoms with Crippen LogP contribution >= 0.6 is 0 Å². The van der Waals surface area contributed by atoms with Crippen LogP contribution < -0.4 is 15.6 Å². The fourth-order valence-electron chi connectivity index (χ4n) is 4.30. The Morgan fingerprint density at radius 2 is 2.06 bits per heavy atom. The minimum atomic E-state index is -0.694. The highest BCUT2D eigenvalue weighted by Gasteiger charge is 2.31. The number of amides is 1. The summed E-state index contributed by atoms with van der Waals surface area (Å²) < 4.78 is 23.1. The average molecular weight is 463 g/mol. The second-order valence-electron chi connectivity index (χ2n) is 8.20. The maximum Gasteiger partial charge on any atom is 0.268 e. The van der Waals surface area contributed by atoms with Gasteiger partial charge in [0.1, 0.15) is 34.3 Å². The molecule has 0 saturated heterocycles. The minimum absolute atomic E-state index is 0.105. The number of nitrogens with one attached hydrogen (secondary N) is 1. The Hall–Kier alpha value is -4.21. The number of aromatic nitrogens is 4. The van der Waals surface area contributed by atoms with Crippen LogP contribution in [0.4, 0.5) is 4.39 Å². The number of carbonyl (C=O) groups is 1. The first kappa shape index (κ1) is 21.6. The molecule has 1 aliphatic rings. The molecule has 5 rings (SSSR count). The zero-order valence-electron chi connectivity index (χ0n) is 18.6. The molecule has 9 nitrogen and oxygen atoms in total. The molecule has 0 unspecified atom stereocenters. The van der Waals surface area contributed by atoms with Crippen molar-refractivity contribution in [1.82, 2.24) is 24.4 Å². The van der Waals surface area contributed by atoms with Crippen LogP contribution in [0, 0.1) is 12.7 Å². The number of carbonyl (C=O) groups excluding carboxylic acids is 1. The number of aryl methyl sites for hydroxylation is 1. The molecule has 2 N–H and O–H groups in total. The molecule has 0 fully saturated rings. The highest BCUT2D eigenvalue weighted by Crippen LogP contribution is 2.37. The smallest absolute Gasteiger partial charge is 0.268 e. The molecule has 4 aromatic rings. The van der Waals surface area contributed by atoms with Gasteiger partial charge in [-0.15, -0.1) is 0 Å². The van der Waals surface area contributed by atoms with Crippen LogP contribution in [0.25, 0.3) is 11.0 Å². The number of ether oxygens (including phenoxy) is 1. The van der Waals surface area contributed by atoms with Crippen molar-refractivity contribution in [3.05, 3.63) is 81.5 Å². The van der Waals surface area contributed by atoms with Crippen LogP contribution in [0.2, 0.25) is 0 Å². The number of rotatable bonds is 5. The molecule has 10 heteroatoms. The monoisotopic (exact) mass is 463 g/mol. The number of benzene rings is 1. The van der Waals surface area contributed by atoms with Crippen molar-refractivity contribution in [2.45, 2.75) is 32.5 Å². The molecule has 1 aromatic carbocycles. The predicted molar refractivity (Wildman–Crippen MR) is 122 cm³/mol. The summed E-state index contributed by atoms with van der Waals surface area (Å²) in [6.07, 6.45) is 4.99. The van der Waals surface area contributed by atoms with Gasteiger partial charge >= 0.3 is 0 Å². The van der Waals surface area contributed by atoms with Crippen LogP contribution in [0.15, 0.2) is 47.7 Å². The fraction of sp³-hybridized carbons (Fsp3) is 0.250. The number of halogens is 1. The Balaban J connectivity index is 1.68. The highest BCUT2D eigenvalue weighted by atomic mass is 19.1. The summed E-state index contributed by atoms with van der Waals surface area (Å²) in [5.74, 6) is -0.323. The van der Waals surface area contributed by atoms with Crippen molar-refractivity contribution >= 4 is 16.9 Å². The third kappa shape index (κ3) is 3.57. The van der Waals surface area contributed by atoms with Crippen LogP contribution in [0.3, 0.4) is 0 Å².